The fourth-order valence-electron chi connectivity index (χ4n) is 2.82. The summed E-state index contributed by atoms with van der Waals surface area (Å²) in [7, 11) is 3.61. The Morgan fingerprint density at radius 1 is 1.35 bits per heavy atom. The van der Waals surface area contributed by atoms with Crippen molar-refractivity contribution in [3.05, 3.63) is 29.8 Å². The van der Waals surface area contributed by atoms with Gasteiger partial charge in [0.05, 0.1) is 19.3 Å². The van der Waals surface area contributed by atoms with Crippen LogP contribution in [-0.4, -0.2) is 73.4 Å². The number of aliphatic hydroxyl groups excluding tert-OH is 1. The van der Waals surface area contributed by atoms with Gasteiger partial charge in [-0.2, -0.15) is 0 Å². The first kappa shape index (κ1) is 17.7. The van der Waals surface area contributed by atoms with Crippen molar-refractivity contribution in [1.82, 2.24) is 9.80 Å². The lowest BCUT2D eigenvalue weighted by Gasteiger charge is -2.26. The minimum Gasteiger partial charge on any atom is -0.497 e. The molecule has 0 spiro atoms. The van der Waals surface area contributed by atoms with Gasteiger partial charge in [0.1, 0.15) is 12.4 Å². The van der Waals surface area contributed by atoms with Gasteiger partial charge in [-0.25, -0.2) is 0 Å². The molecule has 1 aromatic rings. The van der Waals surface area contributed by atoms with Gasteiger partial charge in [0.2, 0.25) is 5.91 Å². The van der Waals surface area contributed by atoms with Crippen LogP contribution in [0.3, 0.4) is 0 Å². The number of methoxy groups -OCH3 is 1. The van der Waals surface area contributed by atoms with Crippen LogP contribution in [0.2, 0.25) is 0 Å². The predicted molar refractivity (Wildman–Crippen MR) is 87.3 cm³/mol. The molecular weight excluding hydrogens is 296 g/mol. The molecule has 1 fully saturated rings. The van der Waals surface area contributed by atoms with E-state index in [1.54, 1.807) is 12.0 Å². The molecule has 2 atom stereocenters. The molecule has 1 heterocycles. The third kappa shape index (κ3) is 4.67. The highest BCUT2D eigenvalue weighted by atomic mass is 16.5. The molecule has 0 aromatic heterocycles. The third-order valence-corrected chi connectivity index (χ3v) is 4.20. The summed E-state index contributed by atoms with van der Waals surface area (Å²) in [5.41, 5.74) is 1.14. The van der Waals surface area contributed by atoms with Gasteiger partial charge in [-0.3, -0.25) is 9.69 Å². The fraction of sp³-hybridized carbons (Fsp3) is 0.588. The van der Waals surface area contributed by atoms with Crippen LogP contribution in [-0.2, 0) is 16.1 Å². The lowest BCUT2D eigenvalue weighted by Crippen LogP contribution is -2.40. The molecule has 2 rings (SSSR count). The smallest absolute Gasteiger partial charge is 0.248 e. The maximum absolute atomic E-state index is 12.0. The van der Waals surface area contributed by atoms with Crippen LogP contribution in [0, 0.1) is 0 Å². The molecule has 0 aliphatic carbocycles. The van der Waals surface area contributed by atoms with Crippen LogP contribution in [0.5, 0.6) is 5.75 Å². The summed E-state index contributed by atoms with van der Waals surface area (Å²) in [5, 5.41) is 10.3. The fourth-order valence-corrected chi connectivity index (χ4v) is 2.82. The number of likely N-dealkylation sites (tertiary alicyclic amines) is 1. The van der Waals surface area contributed by atoms with Crippen LogP contribution in [0.25, 0.3) is 0 Å². The number of aliphatic hydroxyl groups is 1. The van der Waals surface area contributed by atoms with Gasteiger partial charge < -0.3 is 19.5 Å². The number of carbonyl (C=O) groups excluding carboxylic acids is 1. The molecule has 1 amide bonds. The van der Waals surface area contributed by atoms with Crippen LogP contribution in [0.1, 0.15) is 12.5 Å². The average Bonchev–Trinajstić information content (AvgIpc) is 2.95. The lowest BCUT2D eigenvalue weighted by atomic mass is 10.1. The number of likely N-dealkylation sites (N-methyl/N-ethyl adjacent to an activating group) is 1. The van der Waals surface area contributed by atoms with Crippen molar-refractivity contribution in [2.75, 3.05) is 40.5 Å². The van der Waals surface area contributed by atoms with E-state index in [4.69, 9.17) is 9.47 Å². The van der Waals surface area contributed by atoms with Crippen molar-refractivity contribution in [1.29, 1.82) is 0 Å². The van der Waals surface area contributed by atoms with Crippen molar-refractivity contribution < 1.29 is 19.4 Å². The summed E-state index contributed by atoms with van der Waals surface area (Å²) < 4.78 is 10.3. The Kier molecular flexibility index (Phi) is 6.38. The minimum absolute atomic E-state index is 0.0637. The highest BCUT2D eigenvalue weighted by Gasteiger charge is 2.36. The second-order valence-electron chi connectivity index (χ2n) is 5.83. The predicted octanol–water partition coefficient (Wildman–Crippen LogP) is 0.735. The standard InChI is InChI=1S/C17H26N2O4/c1-4-23-12-17(21)19-10-15(16(20)11-19)18(2)9-13-5-7-14(22-3)8-6-13/h5-8,15-16,20H,4,9-12H2,1-3H3/t15-,16-/m1/s1. The maximum atomic E-state index is 12.0. The molecule has 23 heavy (non-hydrogen) atoms. The van der Waals surface area contributed by atoms with E-state index in [0.29, 0.717) is 26.2 Å². The van der Waals surface area contributed by atoms with Crippen molar-refractivity contribution in [3.63, 3.8) is 0 Å². The molecular formula is C17H26N2O4. The minimum atomic E-state index is -0.538. The lowest BCUT2D eigenvalue weighted by molar-refractivity contribution is -0.135. The summed E-state index contributed by atoms with van der Waals surface area (Å²) in [6.45, 7) is 4.06. The second kappa shape index (κ2) is 8.29. The number of hydrogen-bond donors (Lipinski definition) is 1. The van der Waals surface area contributed by atoms with Crippen molar-refractivity contribution in [2.45, 2.75) is 25.6 Å². The van der Waals surface area contributed by atoms with Crippen molar-refractivity contribution in [3.8, 4) is 5.75 Å². The third-order valence-electron chi connectivity index (χ3n) is 4.20. The molecule has 0 unspecified atom stereocenters. The van der Waals surface area contributed by atoms with Crippen LogP contribution >= 0.6 is 0 Å². The summed E-state index contributed by atoms with van der Waals surface area (Å²) in [4.78, 5) is 15.8. The molecule has 1 saturated heterocycles. The SMILES string of the molecule is CCOCC(=O)N1C[C@@H](O)[C@H](N(C)Cc2ccc(OC)cc2)C1. The summed E-state index contributed by atoms with van der Waals surface area (Å²) >= 11 is 0. The number of benzene rings is 1. The summed E-state index contributed by atoms with van der Waals surface area (Å²) in [6.07, 6.45) is -0.538. The first-order chi connectivity index (χ1) is 11.0. The molecule has 1 N–H and O–H groups in total. The molecule has 1 aliphatic rings. The molecule has 0 radical (unpaired) electrons. The Morgan fingerprint density at radius 2 is 2.04 bits per heavy atom. The van der Waals surface area contributed by atoms with E-state index >= 15 is 0 Å². The zero-order valence-corrected chi connectivity index (χ0v) is 14.1. The van der Waals surface area contributed by atoms with Gasteiger partial charge in [-0.15, -0.1) is 0 Å². The number of hydrogen-bond acceptors (Lipinski definition) is 5. The quantitative estimate of drug-likeness (QED) is 0.802. The van der Waals surface area contributed by atoms with E-state index in [2.05, 4.69) is 4.90 Å². The Morgan fingerprint density at radius 3 is 2.65 bits per heavy atom. The van der Waals surface area contributed by atoms with Crippen LogP contribution in [0.4, 0.5) is 0 Å². The number of nitrogens with zero attached hydrogens (tertiary/aromatic N) is 2. The van der Waals surface area contributed by atoms with Gasteiger partial charge in [-0.05, 0) is 31.7 Å². The van der Waals surface area contributed by atoms with Crippen LogP contribution < -0.4 is 4.74 Å². The Balaban J connectivity index is 1.91. The maximum Gasteiger partial charge on any atom is 0.248 e. The van der Waals surface area contributed by atoms with Gasteiger partial charge in [0, 0.05) is 26.2 Å². The number of β-amino-alcohol motifs (C(OH)–C–C–N with tert-alkyl or cyclic N) is 1. The topological polar surface area (TPSA) is 62.2 Å². The zero-order valence-electron chi connectivity index (χ0n) is 14.1. The van der Waals surface area contributed by atoms with Gasteiger partial charge in [0.15, 0.2) is 0 Å². The highest BCUT2D eigenvalue weighted by Crippen LogP contribution is 2.19. The van der Waals surface area contributed by atoms with E-state index in [1.807, 2.05) is 38.2 Å². The average molecular weight is 322 g/mol. The highest BCUT2D eigenvalue weighted by molar-refractivity contribution is 5.77. The molecule has 6 nitrogen and oxygen atoms in total. The largest absolute Gasteiger partial charge is 0.497 e. The van der Waals surface area contributed by atoms with E-state index in [0.717, 1.165) is 11.3 Å². The molecule has 128 valence electrons. The number of ether oxygens (including phenoxy) is 2. The Labute approximate surface area is 137 Å². The molecule has 1 aromatic carbocycles. The molecule has 1 aliphatic heterocycles. The van der Waals surface area contributed by atoms with Gasteiger partial charge in [-0.1, -0.05) is 12.1 Å². The first-order valence-corrected chi connectivity index (χ1v) is 7.92. The zero-order chi connectivity index (χ0) is 16.8. The Hall–Kier alpha value is -1.63. The van der Waals surface area contributed by atoms with Gasteiger partial charge in [0.25, 0.3) is 0 Å². The number of carbonyl (C=O) groups is 1. The monoisotopic (exact) mass is 322 g/mol. The molecule has 0 saturated carbocycles. The Bertz CT molecular complexity index is 506. The number of amides is 1. The summed E-state index contributed by atoms with van der Waals surface area (Å²) in [6, 6.07) is 7.80. The molecule has 0 bridgehead atoms. The van der Waals surface area contributed by atoms with E-state index in [9.17, 15) is 9.90 Å². The van der Waals surface area contributed by atoms with E-state index in [-0.39, 0.29) is 18.6 Å². The van der Waals surface area contributed by atoms with E-state index in [1.165, 1.54) is 0 Å². The summed E-state index contributed by atoms with van der Waals surface area (Å²) in [5.74, 6) is 0.760. The van der Waals surface area contributed by atoms with Crippen molar-refractivity contribution >= 4 is 5.91 Å². The van der Waals surface area contributed by atoms with Gasteiger partial charge >= 0.3 is 0 Å². The van der Waals surface area contributed by atoms with E-state index < -0.39 is 6.10 Å². The number of rotatable bonds is 7. The van der Waals surface area contributed by atoms with Crippen LogP contribution in [0.15, 0.2) is 24.3 Å². The normalized spacial score (nSPS) is 21.0. The van der Waals surface area contributed by atoms with Crippen molar-refractivity contribution in [2.24, 2.45) is 0 Å². The second-order valence-corrected chi connectivity index (χ2v) is 5.83. The first-order valence-electron chi connectivity index (χ1n) is 7.92. The molecule has 6 heteroatoms.